The number of carbonyl (C=O) groups is 1. The van der Waals surface area contributed by atoms with E-state index in [1.54, 1.807) is 16.3 Å². The molecule has 0 aliphatic rings. The molecule has 0 radical (unpaired) electrons. The number of imidazole rings is 1. The quantitative estimate of drug-likeness (QED) is 0.336. The third kappa shape index (κ3) is 2.06. The van der Waals surface area contributed by atoms with Gasteiger partial charge >= 0.3 is 0 Å². The molecule has 0 unspecified atom stereocenters. The predicted molar refractivity (Wildman–Crippen MR) is 72.6 cm³/mol. The van der Waals surface area contributed by atoms with Gasteiger partial charge in [0.15, 0.2) is 16.5 Å². The first-order valence-corrected chi connectivity index (χ1v) is 6.43. The summed E-state index contributed by atoms with van der Waals surface area (Å²) >= 11 is 1.22. The highest BCUT2D eigenvalue weighted by Crippen LogP contribution is 2.17. The lowest BCUT2D eigenvalue weighted by atomic mass is 10.4. The van der Waals surface area contributed by atoms with Crippen molar-refractivity contribution in [1.29, 1.82) is 0 Å². The number of nitrogens with one attached hydrogen (secondary N) is 1. The Morgan fingerprint density at radius 1 is 1.40 bits per heavy atom. The number of amides is 1. The number of nitrogens with zero attached hydrogens (tertiary/aromatic N) is 5. The van der Waals surface area contributed by atoms with E-state index in [0.717, 1.165) is 0 Å². The van der Waals surface area contributed by atoms with Gasteiger partial charge in [0.1, 0.15) is 11.8 Å². The summed E-state index contributed by atoms with van der Waals surface area (Å²) in [6.45, 7) is 0.432. The molecule has 5 N–H and O–H groups in total. The molecule has 102 valence electrons. The van der Waals surface area contributed by atoms with E-state index >= 15 is 0 Å². The Morgan fingerprint density at radius 2 is 2.25 bits per heavy atom. The average molecular weight is 290 g/mol. The molecule has 0 aromatic carbocycles. The molecular weight excluding hydrogens is 280 g/mol. The summed E-state index contributed by atoms with van der Waals surface area (Å²) in [4.78, 5) is 27.7. The zero-order valence-electron chi connectivity index (χ0n) is 10.1. The lowest BCUT2D eigenvalue weighted by Gasteiger charge is -2.00. The predicted octanol–water partition coefficient (Wildman–Crippen LogP) is -0.483. The monoisotopic (exact) mass is 290 g/mol. The third-order valence-electron chi connectivity index (χ3n) is 2.64. The normalized spacial score (nSPS) is 10.8. The zero-order valence-corrected chi connectivity index (χ0v) is 11.0. The van der Waals surface area contributed by atoms with E-state index in [0.29, 0.717) is 34.2 Å². The van der Waals surface area contributed by atoms with E-state index in [9.17, 15) is 4.79 Å². The Balaban J connectivity index is 1.92. The maximum Gasteiger partial charge on any atom is 0.294 e. The third-order valence-corrected chi connectivity index (χ3v) is 3.53. The van der Waals surface area contributed by atoms with E-state index in [1.165, 1.54) is 17.7 Å². The van der Waals surface area contributed by atoms with Gasteiger partial charge in [-0.25, -0.2) is 25.8 Å². The van der Waals surface area contributed by atoms with Crippen LogP contribution in [0.1, 0.15) is 15.5 Å². The van der Waals surface area contributed by atoms with E-state index < -0.39 is 5.91 Å². The molecule has 0 saturated carbocycles. The molecule has 3 aromatic rings. The first-order valence-electron chi connectivity index (χ1n) is 5.55. The number of aromatic nitrogens is 5. The van der Waals surface area contributed by atoms with Crippen molar-refractivity contribution in [3.05, 3.63) is 28.7 Å². The second kappa shape index (κ2) is 4.83. The smallest absolute Gasteiger partial charge is 0.294 e. The van der Waals surface area contributed by atoms with Crippen LogP contribution in [0.3, 0.4) is 0 Å². The van der Waals surface area contributed by atoms with Gasteiger partial charge in [-0.05, 0) is 0 Å². The Hall–Kier alpha value is -2.59. The SMILES string of the molecule is NNC(=O)c1nc(Cn2cnc3c(N)ncnc32)cs1. The molecule has 0 aliphatic heterocycles. The maximum absolute atomic E-state index is 11.3. The van der Waals surface area contributed by atoms with Crippen molar-refractivity contribution in [3.8, 4) is 0 Å². The van der Waals surface area contributed by atoms with Crippen LogP contribution >= 0.6 is 11.3 Å². The number of fused-ring (bicyclic) bond motifs is 1. The van der Waals surface area contributed by atoms with Gasteiger partial charge in [0.2, 0.25) is 0 Å². The number of thiazole rings is 1. The van der Waals surface area contributed by atoms with Crippen LogP contribution in [-0.2, 0) is 6.54 Å². The second-order valence-electron chi connectivity index (χ2n) is 3.92. The highest BCUT2D eigenvalue weighted by Gasteiger charge is 2.12. The lowest BCUT2D eigenvalue weighted by molar-refractivity contribution is 0.0953. The minimum Gasteiger partial charge on any atom is -0.382 e. The van der Waals surface area contributed by atoms with Crippen molar-refractivity contribution in [2.45, 2.75) is 6.54 Å². The summed E-state index contributed by atoms with van der Waals surface area (Å²) in [5.41, 5.74) is 9.64. The minimum absolute atomic E-state index is 0.307. The van der Waals surface area contributed by atoms with Crippen LogP contribution in [-0.4, -0.2) is 30.4 Å². The number of anilines is 1. The number of hydrazine groups is 1. The van der Waals surface area contributed by atoms with Crippen LogP contribution in [0, 0.1) is 0 Å². The molecule has 0 aliphatic carbocycles. The molecule has 0 atom stereocenters. The van der Waals surface area contributed by atoms with Crippen LogP contribution in [0.15, 0.2) is 18.0 Å². The van der Waals surface area contributed by atoms with Gasteiger partial charge in [-0.3, -0.25) is 10.2 Å². The number of rotatable bonds is 3. The van der Waals surface area contributed by atoms with Gasteiger partial charge < -0.3 is 10.3 Å². The molecule has 9 nitrogen and oxygen atoms in total. The highest BCUT2D eigenvalue weighted by molar-refractivity contribution is 7.11. The Morgan fingerprint density at radius 3 is 3.05 bits per heavy atom. The minimum atomic E-state index is -0.414. The van der Waals surface area contributed by atoms with Gasteiger partial charge in [-0.2, -0.15) is 0 Å². The topological polar surface area (TPSA) is 138 Å². The summed E-state index contributed by atoms with van der Waals surface area (Å²) in [5.74, 6) is 4.98. The van der Waals surface area contributed by atoms with Crippen molar-refractivity contribution in [2.75, 3.05) is 5.73 Å². The lowest BCUT2D eigenvalue weighted by Crippen LogP contribution is -2.29. The van der Waals surface area contributed by atoms with Gasteiger partial charge in [0.05, 0.1) is 18.6 Å². The van der Waals surface area contributed by atoms with Gasteiger partial charge in [0, 0.05) is 5.38 Å². The van der Waals surface area contributed by atoms with Crippen molar-refractivity contribution in [1.82, 2.24) is 29.9 Å². The van der Waals surface area contributed by atoms with E-state index in [-0.39, 0.29) is 0 Å². The van der Waals surface area contributed by atoms with E-state index in [1.807, 2.05) is 5.43 Å². The Labute approximate surface area is 116 Å². The summed E-state index contributed by atoms with van der Waals surface area (Å²) in [5, 5.41) is 2.09. The summed E-state index contributed by atoms with van der Waals surface area (Å²) in [7, 11) is 0. The molecule has 3 rings (SSSR count). The molecule has 0 bridgehead atoms. The first kappa shape index (κ1) is 12.4. The number of nitrogen functional groups attached to an aromatic ring is 2. The fourth-order valence-corrected chi connectivity index (χ4v) is 2.45. The number of carbonyl (C=O) groups excluding carboxylic acids is 1. The number of nitrogens with two attached hydrogens (primary N) is 2. The summed E-state index contributed by atoms with van der Waals surface area (Å²) < 4.78 is 1.78. The van der Waals surface area contributed by atoms with Crippen LogP contribution in [0.25, 0.3) is 11.2 Å². The fourth-order valence-electron chi connectivity index (χ4n) is 1.73. The highest BCUT2D eigenvalue weighted by atomic mass is 32.1. The van der Waals surface area contributed by atoms with Gasteiger partial charge in [-0.1, -0.05) is 0 Å². The van der Waals surface area contributed by atoms with Crippen molar-refractivity contribution < 1.29 is 4.79 Å². The second-order valence-corrected chi connectivity index (χ2v) is 4.78. The molecule has 0 saturated heterocycles. The van der Waals surface area contributed by atoms with Crippen LogP contribution in [0.5, 0.6) is 0 Å². The van der Waals surface area contributed by atoms with Crippen LogP contribution in [0.4, 0.5) is 5.82 Å². The Kier molecular flexibility index (Phi) is 3.00. The summed E-state index contributed by atoms with van der Waals surface area (Å²) in [6.07, 6.45) is 2.99. The Bertz CT molecular complexity index is 779. The molecule has 20 heavy (non-hydrogen) atoms. The van der Waals surface area contributed by atoms with Crippen molar-refractivity contribution in [3.63, 3.8) is 0 Å². The van der Waals surface area contributed by atoms with Gasteiger partial charge in [0.25, 0.3) is 5.91 Å². The fraction of sp³-hybridized carbons (Fsp3) is 0.100. The standard InChI is InChI=1S/C10H10N8OS/c11-7-6-8(14-3-13-7)18(4-15-6)1-5-2-20-10(16-5)9(19)17-12/h2-4H,1,12H2,(H,17,19)(H2,11,13,14). The van der Waals surface area contributed by atoms with Crippen LogP contribution < -0.4 is 17.0 Å². The number of hydrogen-bond donors (Lipinski definition) is 3. The largest absolute Gasteiger partial charge is 0.382 e. The van der Waals surface area contributed by atoms with Crippen molar-refractivity contribution in [2.24, 2.45) is 5.84 Å². The zero-order chi connectivity index (χ0) is 14.1. The average Bonchev–Trinajstić information content (AvgIpc) is 3.07. The first-order chi connectivity index (χ1) is 9.69. The molecule has 10 heteroatoms. The molecule has 0 spiro atoms. The number of hydrogen-bond acceptors (Lipinski definition) is 8. The molecule has 1 amide bonds. The molecule has 0 fully saturated rings. The molecular formula is C10H10N8OS. The summed E-state index contributed by atoms with van der Waals surface area (Å²) in [6, 6.07) is 0. The van der Waals surface area contributed by atoms with E-state index in [2.05, 4.69) is 19.9 Å². The molecule has 3 heterocycles. The molecule has 3 aromatic heterocycles. The van der Waals surface area contributed by atoms with Crippen molar-refractivity contribution >= 4 is 34.2 Å². The van der Waals surface area contributed by atoms with Gasteiger partial charge in [-0.15, -0.1) is 11.3 Å². The van der Waals surface area contributed by atoms with E-state index in [4.69, 9.17) is 11.6 Å². The maximum atomic E-state index is 11.3. The van der Waals surface area contributed by atoms with Crippen LogP contribution in [0.2, 0.25) is 0 Å².